The summed E-state index contributed by atoms with van der Waals surface area (Å²) in [4.78, 5) is 11.4. The van der Waals surface area contributed by atoms with Gasteiger partial charge in [0.05, 0.1) is 6.54 Å². The van der Waals surface area contributed by atoms with Crippen LogP contribution in [0.25, 0.3) is 0 Å². The lowest BCUT2D eigenvalue weighted by atomic mass is 10.3. The molecule has 0 heterocycles. The van der Waals surface area contributed by atoms with Crippen LogP contribution in [0.5, 0.6) is 0 Å². The fourth-order valence-corrected chi connectivity index (χ4v) is 1.26. The molecule has 0 fully saturated rings. The molecular formula is C13H15FN2O. The van der Waals surface area contributed by atoms with E-state index in [9.17, 15) is 9.18 Å². The van der Waals surface area contributed by atoms with Gasteiger partial charge in [0.2, 0.25) is 5.91 Å². The average molecular weight is 234 g/mol. The molecule has 0 spiro atoms. The van der Waals surface area contributed by atoms with Crippen LogP contribution in [0.1, 0.15) is 12.8 Å². The number of unbranched alkanes of at least 4 members (excludes halogenated alkanes) is 1. The summed E-state index contributed by atoms with van der Waals surface area (Å²) in [5, 5.41) is 5.62. The number of hydrogen-bond donors (Lipinski definition) is 2. The Labute approximate surface area is 100 Å². The van der Waals surface area contributed by atoms with Gasteiger partial charge in [-0.05, 0) is 37.2 Å². The molecule has 2 N–H and O–H groups in total. The lowest BCUT2D eigenvalue weighted by molar-refractivity contribution is -0.115. The molecule has 0 saturated carbocycles. The van der Waals surface area contributed by atoms with Gasteiger partial charge in [0, 0.05) is 12.1 Å². The van der Waals surface area contributed by atoms with Gasteiger partial charge in [-0.3, -0.25) is 4.79 Å². The van der Waals surface area contributed by atoms with E-state index in [1.807, 2.05) is 0 Å². The topological polar surface area (TPSA) is 41.1 Å². The Bertz CT molecular complexity index is 395. The molecule has 4 heteroatoms. The SMILES string of the molecule is C#CCCCNCC(=O)Nc1ccc(F)cc1. The van der Waals surface area contributed by atoms with E-state index >= 15 is 0 Å². The van der Waals surface area contributed by atoms with Crippen LogP contribution in [0.4, 0.5) is 10.1 Å². The predicted molar refractivity (Wildman–Crippen MR) is 66.0 cm³/mol. The second-order valence-corrected chi connectivity index (χ2v) is 3.54. The first kappa shape index (κ1) is 13.2. The molecule has 0 aliphatic carbocycles. The predicted octanol–water partition coefficient (Wildman–Crippen LogP) is 1.77. The zero-order valence-corrected chi connectivity index (χ0v) is 9.50. The normalized spacial score (nSPS) is 9.65. The number of benzene rings is 1. The molecule has 0 bridgehead atoms. The molecule has 1 rings (SSSR count). The zero-order chi connectivity index (χ0) is 12.5. The molecule has 1 aromatic carbocycles. The third-order valence-corrected chi connectivity index (χ3v) is 2.09. The largest absolute Gasteiger partial charge is 0.325 e. The summed E-state index contributed by atoms with van der Waals surface area (Å²) in [7, 11) is 0. The van der Waals surface area contributed by atoms with E-state index in [1.54, 1.807) is 0 Å². The third kappa shape index (κ3) is 5.69. The van der Waals surface area contributed by atoms with Crippen LogP contribution in [0.15, 0.2) is 24.3 Å². The Morgan fingerprint density at radius 2 is 2.06 bits per heavy atom. The molecule has 0 saturated heterocycles. The zero-order valence-electron chi connectivity index (χ0n) is 9.50. The summed E-state index contributed by atoms with van der Waals surface area (Å²) >= 11 is 0. The molecule has 0 aromatic heterocycles. The molecule has 0 unspecified atom stereocenters. The minimum Gasteiger partial charge on any atom is -0.325 e. The summed E-state index contributed by atoms with van der Waals surface area (Å²) in [6.07, 6.45) is 6.65. The van der Waals surface area contributed by atoms with Crippen molar-refractivity contribution in [3.8, 4) is 12.3 Å². The van der Waals surface area contributed by atoms with Crippen molar-refractivity contribution in [1.82, 2.24) is 5.32 Å². The minimum atomic E-state index is -0.324. The Morgan fingerprint density at radius 1 is 1.35 bits per heavy atom. The van der Waals surface area contributed by atoms with Crippen LogP contribution in [-0.4, -0.2) is 19.0 Å². The van der Waals surface area contributed by atoms with Gasteiger partial charge in [-0.15, -0.1) is 12.3 Å². The van der Waals surface area contributed by atoms with Crippen LogP contribution >= 0.6 is 0 Å². The molecule has 0 radical (unpaired) electrons. The summed E-state index contributed by atoms with van der Waals surface area (Å²) in [6, 6.07) is 5.64. The lowest BCUT2D eigenvalue weighted by Gasteiger charge is -2.05. The first-order valence-electron chi connectivity index (χ1n) is 5.42. The van der Waals surface area contributed by atoms with Crippen LogP contribution in [0.3, 0.4) is 0 Å². The van der Waals surface area contributed by atoms with Crippen molar-refractivity contribution < 1.29 is 9.18 Å². The van der Waals surface area contributed by atoms with Crippen molar-refractivity contribution in [2.75, 3.05) is 18.4 Å². The van der Waals surface area contributed by atoms with Crippen molar-refractivity contribution >= 4 is 11.6 Å². The van der Waals surface area contributed by atoms with E-state index in [0.717, 1.165) is 6.42 Å². The Balaban J connectivity index is 2.21. The molecule has 1 aromatic rings. The van der Waals surface area contributed by atoms with Gasteiger partial charge in [-0.2, -0.15) is 0 Å². The standard InChI is InChI=1S/C13H15FN2O/c1-2-3-4-9-15-10-13(17)16-12-7-5-11(14)6-8-12/h1,5-8,15H,3-4,9-10H2,(H,16,17). The quantitative estimate of drug-likeness (QED) is 0.582. The van der Waals surface area contributed by atoms with Gasteiger partial charge in [0.25, 0.3) is 0 Å². The number of anilines is 1. The van der Waals surface area contributed by atoms with Gasteiger partial charge < -0.3 is 10.6 Å². The number of carbonyl (C=O) groups excluding carboxylic acids is 1. The van der Waals surface area contributed by atoms with Crippen molar-refractivity contribution in [2.45, 2.75) is 12.8 Å². The van der Waals surface area contributed by atoms with Gasteiger partial charge in [0.15, 0.2) is 0 Å². The van der Waals surface area contributed by atoms with Gasteiger partial charge in [-0.25, -0.2) is 4.39 Å². The maximum atomic E-state index is 12.6. The van der Waals surface area contributed by atoms with Crippen molar-refractivity contribution in [3.05, 3.63) is 30.1 Å². The fraction of sp³-hybridized carbons (Fsp3) is 0.308. The van der Waals surface area contributed by atoms with E-state index < -0.39 is 0 Å². The fourth-order valence-electron chi connectivity index (χ4n) is 1.26. The molecule has 90 valence electrons. The van der Waals surface area contributed by atoms with Gasteiger partial charge in [-0.1, -0.05) is 0 Å². The number of halogens is 1. The highest BCUT2D eigenvalue weighted by molar-refractivity contribution is 5.92. The van der Waals surface area contributed by atoms with Gasteiger partial charge in [0.1, 0.15) is 5.82 Å². The highest BCUT2D eigenvalue weighted by atomic mass is 19.1. The van der Waals surface area contributed by atoms with Crippen molar-refractivity contribution in [2.24, 2.45) is 0 Å². The summed E-state index contributed by atoms with van der Waals surface area (Å²) in [5.41, 5.74) is 0.585. The van der Waals surface area contributed by atoms with E-state index in [-0.39, 0.29) is 18.3 Å². The average Bonchev–Trinajstić information content (AvgIpc) is 2.32. The van der Waals surface area contributed by atoms with E-state index in [2.05, 4.69) is 16.6 Å². The van der Waals surface area contributed by atoms with Crippen LogP contribution in [0.2, 0.25) is 0 Å². The van der Waals surface area contributed by atoms with Crippen molar-refractivity contribution in [1.29, 1.82) is 0 Å². The number of hydrogen-bond acceptors (Lipinski definition) is 2. The summed E-state index contributed by atoms with van der Waals surface area (Å²) < 4.78 is 12.6. The Kier molecular flexibility index (Phi) is 5.76. The Hall–Kier alpha value is -1.86. The smallest absolute Gasteiger partial charge is 0.238 e. The Morgan fingerprint density at radius 3 is 2.71 bits per heavy atom. The minimum absolute atomic E-state index is 0.155. The number of nitrogens with one attached hydrogen (secondary N) is 2. The molecule has 0 aliphatic heterocycles. The molecule has 17 heavy (non-hydrogen) atoms. The molecule has 0 aliphatic rings. The second-order valence-electron chi connectivity index (χ2n) is 3.54. The summed E-state index contributed by atoms with van der Waals surface area (Å²) in [6.45, 7) is 0.934. The lowest BCUT2D eigenvalue weighted by Crippen LogP contribution is -2.28. The van der Waals surface area contributed by atoms with E-state index in [0.29, 0.717) is 18.7 Å². The number of carbonyl (C=O) groups is 1. The molecule has 0 atom stereocenters. The summed E-state index contributed by atoms with van der Waals surface area (Å²) in [5.74, 6) is 2.05. The second kappa shape index (κ2) is 7.42. The van der Waals surface area contributed by atoms with Gasteiger partial charge >= 0.3 is 0 Å². The monoisotopic (exact) mass is 234 g/mol. The third-order valence-electron chi connectivity index (χ3n) is 2.09. The van der Waals surface area contributed by atoms with E-state index in [4.69, 9.17) is 6.42 Å². The van der Waals surface area contributed by atoms with E-state index in [1.165, 1.54) is 24.3 Å². The number of rotatable bonds is 6. The molecular weight excluding hydrogens is 219 g/mol. The number of terminal acetylenes is 1. The van der Waals surface area contributed by atoms with Crippen LogP contribution in [-0.2, 0) is 4.79 Å². The van der Waals surface area contributed by atoms with Crippen molar-refractivity contribution in [3.63, 3.8) is 0 Å². The first-order valence-corrected chi connectivity index (χ1v) is 5.42. The van der Waals surface area contributed by atoms with Crippen LogP contribution in [0, 0.1) is 18.2 Å². The molecule has 3 nitrogen and oxygen atoms in total. The highest BCUT2D eigenvalue weighted by Gasteiger charge is 2.01. The van der Waals surface area contributed by atoms with Crippen LogP contribution < -0.4 is 10.6 Å². The first-order chi connectivity index (χ1) is 8.22. The highest BCUT2D eigenvalue weighted by Crippen LogP contribution is 2.07. The maximum absolute atomic E-state index is 12.6. The number of amides is 1. The molecule has 1 amide bonds. The maximum Gasteiger partial charge on any atom is 0.238 e.